The summed E-state index contributed by atoms with van der Waals surface area (Å²) in [7, 11) is 0. The molecule has 2 aromatic rings. The molecule has 0 bridgehead atoms. The topological polar surface area (TPSA) is 72.2 Å². The predicted octanol–water partition coefficient (Wildman–Crippen LogP) is 4.55. The van der Waals surface area contributed by atoms with Crippen molar-refractivity contribution in [2.75, 3.05) is 5.32 Å². The third-order valence-corrected chi connectivity index (χ3v) is 3.28. The minimum absolute atomic E-state index is 0.0995. The van der Waals surface area contributed by atoms with E-state index in [9.17, 15) is 14.9 Å². The molecule has 0 saturated carbocycles. The van der Waals surface area contributed by atoms with Crippen LogP contribution in [0.15, 0.2) is 48.5 Å². The van der Waals surface area contributed by atoms with Gasteiger partial charge in [0.15, 0.2) is 0 Å². The van der Waals surface area contributed by atoms with Crippen molar-refractivity contribution in [1.82, 2.24) is 0 Å². The van der Waals surface area contributed by atoms with Gasteiger partial charge in [-0.15, -0.1) is 0 Å². The Kier molecular flexibility index (Phi) is 5.14. The zero-order valence-corrected chi connectivity index (χ0v) is 12.6. The van der Waals surface area contributed by atoms with E-state index < -0.39 is 10.8 Å². The minimum atomic E-state index is -0.558. The smallest absolute Gasteiger partial charge is 0.271 e. The van der Waals surface area contributed by atoms with Crippen molar-refractivity contribution in [1.29, 1.82) is 0 Å². The van der Waals surface area contributed by atoms with Crippen LogP contribution in [0.25, 0.3) is 6.08 Å². The Balaban J connectivity index is 2.05. The molecule has 1 N–H and O–H groups in total. The van der Waals surface area contributed by atoms with Gasteiger partial charge in [-0.3, -0.25) is 14.9 Å². The van der Waals surface area contributed by atoms with Gasteiger partial charge in [0, 0.05) is 23.2 Å². The van der Waals surface area contributed by atoms with E-state index in [1.165, 1.54) is 24.3 Å². The Labute approximate surface area is 136 Å². The molecule has 5 nitrogen and oxygen atoms in total. The SMILES string of the molecule is O=C(/C=C/c1ccc(Cl)cc1)Nc1ccc([N+](=O)[O-])cc1Cl. The maximum absolute atomic E-state index is 11.8. The van der Waals surface area contributed by atoms with Gasteiger partial charge < -0.3 is 5.32 Å². The number of nitrogens with zero attached hydrogens (tertiary/aromatic N) is 1. The Bertz CT molecular complexity index is 743. The lowest BCUT2D eigenvalue weighted by Crippen LogP contribution is -2.08. The van der Waals surface area contributed by atoms with E-state index in [2.05, 4.69) is 5.32 Å². The highest BCUT2D eigenvalue weighted by atomic mass is 35.5. The fourth-order valence-electron chi connectivity index (χ4n) is 1.64. The maximum atomic E-state index is 11.8. The molecule has 22 heavy (non-hydrogen) atoms. The number of nitro benzene ring substituents is 1. The van der Waals surface area contributed by atoms with Gasteiger partial charge in [0.2, 0.25) is 5.91 Å². The number of carbonyl (C=O) groups excluding carboxylic acids is 1. The number of halogens is 2. The van der Waals surface area contributed by atoms with Crippen molar-refractivity contribution in [3.8, 4) is 0 Å². The monoisotopic (exact) mass is 336 g/mol. The molecule has 2 aromatic carbocycles. The van der Waals surface area contributed by atoms with Gasteiger partial charge >= 0.3 is 0 Å². The second kappa shape index (κ2) is 7.06. The summed E-state index contributed by atoms with van der Waals surface area (Å²) in [5.41, 5.74) is 0.979. The van der Waals surface area contributed by atoms with Crippen molar-refractivity contribution < 1.29 is 9.72 Å². The molecule has 2 rings (SSSR count). The Morgan fingerprint density at radius 1 is 1.14 bits per heavy atom. The van der Waals surface area contributed by atoms with Gasteiger partial charge in [-0.1, -0.05) is 35.3 Å². The third kappa shape index (κ3) is 4.31. The van der Waals surface area contributed by atoms with Crippen LogP contribution in [-0.2, 0) is 4.79 Å². The summed E-state index contributed by atoms with van der Waals surface area (Å²) in [4.78, 5) is 21.9. The van der Waals surface area contributed by atoms with Crippen LogP contribution in [0.5, 0.6) is 0 Å². The van der Waals surface area contributed by atoms with Crippen LogP contribution >= 0.6 is 23.2 Å². The lowest BCUT2D eigenvalue weighted by atomic mass is 10.2. The highest BCUT2D eigenvalue weighted by Gasteiger charge is 2.10. The molecule has 7 heteroatoms. The first kappa shape index (κ1) is 16.0. The first-order chi connectivity index (χ1) is 10.5. The largest absolute Gasteiger partial charge is 0.321 e. The van der Waals surface area contributed by atoms with E-state index in [1.807, 2.05) is 0 Å². The second-order valence-corrected chi connectivity index (χ2v) is 5.14. The summed E-state index contributed by atoms with van der Waals surface area (Å²) in [6.45, 7) is 0. The summed E-state index contributed by atoms with van der Waals surface area (Å²) in [6.07, 6.45) is 2.95. The summed E-state index contributed by atoms with van der Waals surface area (Å²) in [5.74, 6) is -0.397. The summed E-state index contributed by atoms with van der Waals surface area (Å²) >= 11 is 11.7. The van der Waals surface area contributed by atoms with Gasteiger partial charge in [0.25, 0.3) is 5.69 Å². The minimum Gasteiger partial charge on any atom is -0.321 e. The fraction of sp³-hybridized carbons (Fsp3) is 0. The lowest BCUT2D eigenvalue weighted by molar-refractivity contribution is -0.384. The predicted molar refractivity (Wildman–Crippen MR) is 87.2 cm³/mol. The number of amides is 1. The average Bonchev–Trinajstić information content (AvgIpc) is 2.48. The van der Waals surface area contributed by atoms with Crippen LogP contribution in [0, 0.1) is 10.1 Å². The zero-order chi connectivity index (χ0) is 16.1. The third-order valence-electron chi connectivity index (χ3n) is 2.72. The molecule has 0 aliphatic heterocycles. The molecule has 0 aliphatic carbocycles. The number of non-ortho nitro benzene ring substituents is 1. The molecule has 0 saturated heterocycles. The highest BCUT2D eigenvalue weighted by molar-refractivity contribution is 6.34. The van der Waals surface area contributed by atoms with Gasteiger partial charge in [0.1, 0.15) is 0 Å². The first-order valence-corrected chi connectivity index (χ1v) is 6.90. The van der Waals surface area contributed by atoms with Crippen LogP contribution in [0.4, 0.5) is 11.4 Å². The number of rotatable bonds is 4. The number of hydrogen-bond acceptors (Lipinski definition) is 3. The second-order valence-electron chi connectivity index (χ2n) is 4.30. The van der Waals surface area contributed by atoms with Gasteiger partial charge in [-0.25, -0.2) is 0 Å². The molecular weight excluding hydrogens is 327 g/mol. The van der Waals surface area contributed by atoms with Crippen molar-refractivity contribution >= 4 is 46.6 Å². The Morgan fingerprint density at radius 2 is 1.82 bits per heavy atom. The van der Waals surface area contributed by atoms with Crippen molar-refractivity contribution in [3.05, 3.63) is 74.3 Å². The number of anilines is 1. The molecule has 1 amide bonds. The van der Waals surface area contributed by atoms with Gasteiger partial charge in [0.05, 0.1) is 15.6 Å². The van der Waals surface area contributed by atoms with Crippen LogP contribution < -0.4 is 5.32 Å². The lowest BCUT2D eigenvalue weighted by Gasteiger charge is -2.04. The van der Waals surface area contributed by atoms with E-state index in [0.717, 1.165) is 5.56 Å². The zero-order valence-electron chi connectivity index (χ0n) is 11.1. The summed E-state index contributed by atoms with van der Waals surface area (Å²) in [6, 6.07) is 10.8. The van der Waals surface area contributed by atoms with E-state index in [0.29, 0.717) is 10.7 Å². The van der Waals surface area contributed by atoms with Crippen molar-refractivity contribution in [3.63, 3.8) is 0 Å². The summed E-state index contributed by atoms with van der Waals surface area (Å²) < 4.78 is 0. The average molecular weight is 337 g/mol. The molecule has 0 fully saturated rings. The number of hydrogen-bond donors (Lipinski definition) is 1. The Morgan fingerprint density at radius 3 is 2.41 bits per heavy atom. The quantitative estimate of drug-likeness (QED) is 0.505. The fourth-order valence-corrected chi connectivity index (χ4v) is 1.99. The van der Waals surface area contributed by atoms with Gasteiger partial charge in [-0.05, 0) is 29.8 Å². The van der Waals surface area contributed by atoms with E-state index >= 15 is 0 Å². The Hall–Kier alpha value is -2.37. The molecule has 0 spiro atoms. The number of carbonyl (C=O) groups is 1. The van der Waals surface area contributed by atoms with Crippen LogP contribution in [0.3, 0.4) is 0 Å². The normalized spacial score (nSPS) is 10.6. The van der Waals surface area contributed by atoms with Crippen molar-refractivity contribution in [2.24, 2.45) is 0 Å². The van der Waals surface area contributed by atoms with Crippen LogP contribution in [-0.4, -0.2) is 10.8 Å². The molecule has 0 aromatic heterocycles. The molecule has 112 valence electrons. The molecule has 0 radical (unpaired) electrons. The molecule has 0 atom stereocenters. The van der Waals surface area contributed by atoms with Crippen LogP contribution in [0.1, 0.15) is 5.56 Å². The molecule has 0 unspecified atom stereocenters. The number of benzene rings is 2. The number of nitrogens with one attached hydrogen (secondary N) is 1. The molecule has 0 aliphatic rings. The van der Waals surface area contributed by atoms with E-state index in [1.54, 1.807) is 30.3 Å². The van der Waals surface area contributed by atoms with Gasteiger partial charge in [-0.2, -0.15) is 0 Å². The highest BCUT2D eigenvalue weighted by Crippen LogP contribution is 2.26. The standard InChI is InChI=1S/C15H10Cl2N2O3/c16-11-4-1-10(2-5-11)3-8-15(20)18-14-7-6-12(19(21)22)9-13(14)17/h1-9H,(H,18,20)/b8-3+. The molecule has 0 heterocycles. The molecular formula is C15H10Cl2N2O3. The number of nitro groups is 1. The van der Waals surface area contributed by atoms with E-state index in [4.69, 9.17) is 23.2 Å². The van der Waals surface area contributed by atoms with Crippen LogP contribution in [0.2, 0.25) is 10.0 Å². The van der Waals surface area contributed by atoms with Crippen molar-refractivity contribution in [2.45, 2.75) is 0 Å². The maximum Gasteiger partial charge on any atom is 0.271 e. The first-order valence-electron chi connectivity index (χ1n) is 6.14. The summed E-state index contributed by atoms with van der Waals surface area (Å²) in [5, 5.41) is 13.9. The van der Waals surface area contributed by atoms with E-state index in [-0.39, 0.29) is 10.7 Å².